The summed E-state index contributed by atoms with van der Waals surface area (Å²) in [7, 11) is 0. The van der Waals surface area contributed by atoms with Gasteiger partial charge < -0.3 is 16.0 Å². The summed E-state index contributed by atoms with van der Waals surface area (Å²) < 4.78 is 0. The Morgan fingerprint density at radius 1 is 1.00 bits per heavy atom. The number of rotatable bonds is 6. The molecule has 3 N–H and O–H groups in total. The molecule has 0 unspecified atom stereocenters. The lowest BCUT2D eigenvalue weighted by Crippen LogP contribution is -2.47. The number of hydrogen-bond acceptors (Lipinski definition) is 3. The second kappa shape index (κ2) is 9.36. The average molecular weight is 374 g/mol. The molecule has 1 saturated carbocycles. The molecule has 5 nitrogen and oxygen atoms in total. The lowest BCUT2D eigenvalue weighted by atomic mass is 9.86. The lowest BCUT2D eigenvalue weighted by molar-refractivity contribution is -0.121. The van der Waals surface area contributed by atoms with Crippen molar-refractivity contribution in [2.24, 2.45) is 5.92 Å². The van der Waals surface area contributed by atoms with Crippen LogP contribution in [0.4, 0.5) is 0 Å². The highest BCUT2D eigenvalue weighted by Gasteiger charge is 2.22. The van der Waals surface area contributed by atoms with E-state index in [-0.39, 0.29) is 17.4 Å². The van der Waals surface area contributed by atoms with Crippen LogP contribution in [0.2, 0.25) is 0 Å². The first-order valence-corrected chi connectivity index (χ1v) is 10.0. The van der Waals surface area contributed by atoms with Crippen molar-refractivity contribution in [3.63, 3.8) is 0 Å². The highest BCUT2D eigenvalue weighted by atomic mass is 16.2. The van der Waals surface area contributed by atoms with Crippen molar-refractivity contribution in [3.8, 4) is 0 Å². The SMILES string of the molecule is Cc1cc(C)cc(C(=O)NC[C@H]2CC[C@H](NCC(=O)NC(C)(C)C)CC2)c1. The van der Waals surface area contributed by atoms with Crippen LogP contribution in [0.1, 0.15) is 67.9 Å². The van der Waals surface area contributed by atoms with Gasteiger partial charge in [-0.1, -0.05) is 17.2 Å². The summed E-state index contributed by atoms with van der Waals surface area (Å²) in [6, 6.07) is 6.34. The first-order chi connectivity index (χ1) is 12.6. The highest BCUT2D eigenvalue weighted by molar-refractivity contribution is 5.94. The van der Waals surface area contributed by atoms with Crippen LogP contribution < -0.4 is 16.0 Å². The van der Waals surface area contributed by atoms with Gasteiger partial charge in [0.15, 0.2) is 0 Å². The minimum atomic E-state index is -0.190. The topological polar surface area (TPSA) is 70.2 Å². The van der Waals surface area contributed by atoms with Crippen molar-refractivity contribution in [2.75, 3.05) is 13.1 Å². The average Bonchev–Trinajstić information content (AvgIpc) is 2.56. The van der Waals surface area contributed by atoms with E-state index in [0.29, 0.717) is 18.5 Å². The third kappa shape index (κ3) is 7.71. The van der Waals surface area contributed by atoms with Crippen molar-refractivity contribution < 1.29 is 9.59 Å². The zero-order chi connectivity index (χ0) is 20.0. The molecule has 1 aliphatic carbocycles. The van der Waals surface area contributed by atoms with Crippen LogP contribution in [0, 0.1) is 19.8 Å². The third-order valence-corrected chi connectivity index (χ3v) is 4.95. The van der Waals surface area contributed by atoms with Crippen molar-refractivity contribution in [1.29, 1.82) is 0 Å². The largest absolute Gasteiger partial charge is 0.352 e. The van der Waals surface area contributed by atoms with E-state index in [9.17, 15) is 9.59 Å². The zero-order valence-electron chi connectivity index (χ0n) is 17.4. The Morgan fingerprint density at radius 2 is 1.59 bits per heavy atom. The van der Waals surface area contributed by atoms with Gasteiger partial charge in [0, 0.05) is 23.7 Å². The smallest absolute Gasteiger partial charge is 0.251 e. The van der Waals surface area contributed by atoms with E-state index in [0.717, 1.165) is 48.9 Å². The molecule has 2 rings (SSSR count). The number of carbonyl (C=O) groups is 2. The maximum Gasteiger partial charge on any atom is 0.251 e. The van der Waals surface area contributed by atoms with Crippen LogP contribution in [0.15, 0.2) is 18.2 Å². The predicted molar refractivity (Wildman–Crippen MR) is 110 cm³/mol. The minimum Gasteiger partial charge on any atom is -0.352 e. The Morgan fingerprint density at radius 3 is 2.15 bits per heavy atom. The number of amides is 2. The number of hydrogen-bond donors (Lipinski definition) is 3. The number of aryl methyl sites for hydroxylation is 2. The molecular weight excluding hydrogens is 338 g/mol. The molecule has 0 radical (unpaired) electrons. The van der Waals surface area contributed by atoms with Crippen LogP contribution in [0.5, 0.6) is 0 Å². The maximum absolute atomic E-state index is 12.4. The summed E-state index contributed by atoms with van der Waals surface area (Å²) in [4.78, 5) is 24.3. The minimum absolute atomic E-state index is 0.0147. The third-order valence-electron chi connectivity index (χ3n) is 4.95. The molecule has 0 spiro atoms. The van der Waals surface area contributed by atoms with Gasteiger partial charge in [0.05, 0.1) is 6.54 Å². The Balaban J connectivity index is 1.68. The summed E-state index contributed by atoms with van der Waals surface area (Å²) in [6.45, 7) is 11.1. The van der Waals surface area contributed by atoms with E-state index in [1.807, 2.05) is 46.8 Å². The summed E-state index contributed by atoms with van der Waals surface area (Å²) in [5.74, 6) is 0.576. The molecule has 5 heteroatoms. The molecule has 2 amide bonds. The van der Waals surface area contributed by atoms with Gasteiger partial charge in [-0.2, -0.15) is 0 Å². The number of nitrogens with one attached hydrogen (secondary N) is 3. The van der Waals surface area contributed by atoms with Crippen molar-refractivity contribution in [2.45, 2.75) is 71.9 Å². The summed E-state index contributed by atoms with van der Waals surface area (Å²) in [6.07, 6.45) is 4.25. The molecule has 0 aliphatic heterocycles. The monoisotopic (exact) mass is 373 g/mol. The molecule has 0 saturated heterocycles. The molecule has 1 fully saturated rings. The van der Waals surface area contributed by atoms with Crippen molar-refractivity contribution in [1.82, 2.24) is 16.0 Å². The molecule has 1 aliphatic rings. The van der Waals surface area contributed by atoms with E-state index < -0.39 is 0 Å². The zero-order valence-corrected chi connectivity index (χ0v) is 17.4. The lowest BCUT2D eigenvalue weighted by Gasteiger charge is -2.29. The molecule has 1 aromatic carbocycles. The Bertz CT molecular complexity index is 636. The first kappa shape index (κ1) is 21.4. The van der Waals surface area contributed by atoms with Crippen LogP contribution in [-0.2, 0) is 4.79 Å². The van der Waals surface area contributed by atoms with Gasteiger partial charge in [0.2, 0.25) is 5.91 Å². The summed E-state index contributed by atoms with van der Waals surface area (Å²) in [5, 5.41) is 9.43. The molecule has 0 heterocycles. The normalized spacial score (nSPS) is 20.2. The fraction of sp³-hybridized carbons (Fsp3) is 0.636. The quantitative estimate of drug-likeness (QED) is 0.718. The molecule has 0 atom stereocenters. The molecule has 1 aromatic rings. The second-order valence-electron chi connectivity index (χ2n) is 8.98. The van der Waals surface area contributed by atoms with Gasteiger partial charge in [0.1, 0.15) is 0 Å². The van der Waals surface area contributed by atoms with Crippen LogP contribution >= 0.6 is 0 Å². The molecule has 0 aromatic heterocycles. The van der Waals surface area contributed by atoms with Gasteiger partial charge in [-0.05, 0) is 78.4 Å². The van der Waals surface area contributed by atoms with Crippen LogP contribution in [-0.4, -0.2) is 36.5 Å². The van der Waals surface area contributed by atoms with Gasteiger partial charge in [-0.3, -0.25) is 9.59 Å². The van der Waals surface area contributed by atoms with E-state index in [1.165, 1.54) is 0 Å². The van der Waals surface area contributed by atoms with Crippen LogP contribution in [0.25, 0.3) is 0 Å². The molecule has 27 heavy (non-hydrogen) atoms. The Kier molecular flexibility index (Phi) is 7.42. The summed E-state index contributed by atoms with van der Waals surface area (Å²) in [5.41, 5.74) is 2.78. The van der Waals surface area contributed by atoms with Gasteiger partial charge in [-0.15, -0.1) is 0 Å². The first-order valence-electron chi connectivity index (χ1n) is 10.0. The van der Waals surface area contributed by atoms with Crippen molar-refractivity contribution in [3.05, 3.63) is 34.9 Å². The fourth-order valence-electron chi connectivity index (χ4n) is 3.72. The van der Waals surface area contributed by atoms with Crippen molar-refractivity contribution >= 4 is 11.8 Å². The molecular formula is C22H35N3O2. The number of carbonyl (C=O) groups excluding carboxylic acids is 2. The maximum atomic E-state index is 12.4. The van der Waals surface area contributed by atoms with E-state index in [1.54, 1.807) is 0 Å². The molecule has 0 bridgehead atoms. The van der Waals surface area contributed by atoms with E-state index in [2.05, 4.69) is 22.0 Å². The summed E-state index contributed by atoms with van der Waals surface area (Å²) >= 11 is 0. The standard InChI is InChI=1S/C22H35N3O2/c1-15-10-16(2)12-18(11-15)21(27)24-13-17-6-8-19(9-7-17)23-14-20(26)25-22(3,4)5/h10-12,17,19,23H,6-9,13-14H2,1-5H3,(H,24,27)(H,25,26)/t17-,19-. The second-order valence-corrected chi connectivity index (χ2v) is 8.98. The van der Waals surface area contributed by atoms with E-state index in [4.69, 9.17) is 0 Å². The predicted octanol–water partition coefficient (Wildman–Crippen LogP) is 3.10. The molecule has 150 valence electrons. The van der Waals surface area contributed by atoms with Gasteiger partial charge in [0.25, 0.3) is 5.91 Å². The van der Waals surface area contributed by atoms with Crippen LogP contribution in [0.3, 0.4) is 0 Å². The number of benzene rings is 1. The highest BCUT2D eigenvalue weighted by Crippen LogP contribution is 2.23. The van der Waals surface area contributed by atoms with Gasteiger partial charge in [-0.25, -0.2) is 0 Å². The fourth-order valence-corrected chi connectivity index (χ4v) is 3.72. The van der Waals surface area contributed by atoms with E-state index >= 15 is 0 Å². The Hall–Kier alpha value is -1.88. The van der Waals surface area contributed by atoms with Gasteiger partial charge >= 0.3 is 0 Å². The Labute approximate surface area is 163 Å².